The number of ether oxygens (including phenoxy) is 3. The van der Waals surface area contributed by atoms with Crippen molar-refractivity contribution in [3.63, 3.8) is 0 Å². The molecule has 1 aliphatic rings. The molecule has 5 atom stereocenters. The summed E-state index contributed by atoms with van der Waals surface area (Å²) in [7, 11) is 0. The summed E-state index contributed by atoms with van der Waals surface area (Å²) in [6.45, 7) is 0.299. The zero-order valence-electron chi connectivity index (χ0n) is 19.3. The number of benzene rings is 2. The molecule has 2 aromatic carbocycles. The number of primary amides is 1. The van der Waals surface area contributed by atoms with Gasteiger partial charge in [-0.25, -0.2) is 0 Å². The molecule has 0 aliphatic carbocycles. The summed E-state index contributed by atoms with van der Waals surface area (Å²) in [5, 5.41) is 33.4. The smallest absolute Gasteiger partial charge is 0.252 e. The summed E-state index contributed by atoms with van der Waals surface area (Å²) in [5.41, 5.74) is 5.81. The number of hydrogen-bond donors (Lipinski definition) is 5. The van der Waals surface area contributed by atoms with Crippen molar-refractivity contribution in [2.24, 2.45) is 5.73 Å². The molecule has 0 saturated carbocycles. The van der Waals surface area contributed by atoms with Gasteiger partial charge in [0.25, 0.3) is 5.91 Å². The van der Waals surface area contributed by atoms with Gasteiger partial charge in [0.2, 0.25) is 5.91 Å². The Morgan fingerprint density at radius 3 is 2.40 bits per heavy atom. The second kappa shape index (κ2) is 13.2. The first-order valence-electron chi connectivity index (χ1n) is 11.5. The SMILES string of the molecule is NC(=O)CCCCCNC(=O)[C@H]1O[C@@H](OCc2cccc(Oc3ccccc3)c2)[C@H](O)[C@@H](O)[C@@H]1O. The minimum Gasteiger partial charge on any atom is -0.457 e. The van der Waals surface area contributed by atoms with Crippen LogP contribution in [0.2, 0.25) is 0 Å². The number of hydrogen-bond acceptors (Lipinski definition) is 8. The van der Waals surface area contributed by atoms with Crippen LogP contribution in [0.15, 0.2) is 54.6 Å². The van der Waals surface area contributed by atoms with E-state index in [2.05, 4.69) is 5.32 Å². The molecule has 6 N–H and O–H groups in total. The van der Waals surface area contributed by atoms with Crippen molar-refractivity contribution in [3.05, 3.63) is 60.2 Å². The van der Waals surface area contributed by atoms with Gasteiger partial charge in [-0.2, -0.15) is 0 Å². The molecule has 3 rings (SSSR count). The van der Waals surface area contributed by atoms with E-state index in [1.807, 2.05) is 30.3 Å². The lowest BCUT2D eigenvalue weighted by atomic mass is 9.98. The van der Waals surface area contributed by atoms with Gasteiger partial charge in [-0.1, -0.05) is 36.8 Å². The summed E-state index contributed by atoms with van der Waals surface area (Å²) in [5.74, 6) is 0.258. The normalized spacial score (nSPS) is 24.0. The molecule has 0 unspecified atom stereocenters. The molecule has 2 aromatic rings. The van der Waals surface area contributed by atoms with Gasteiger partial charge >= 0.3 is 0 Å². The number of para-hydroxylation sites is 1. The Hall–Kier alpha value is -3.02. The maximum atomic E-state index is 12.5. The topological polar surface area (TPSA) is 161 Å². The van der Waals surface area contributed by atoms with Crippen LogP contribution in [0.4, 0.5) is 0 Å². The van der Waals surface area contributed by atoms with Crippen molar-refractivity contribution in [1.82, 2.24) is 5.32 Å². The van der Waals surface area contributed by atoms with Crippen LogP contribution in [0.25, 0.3) is 0 Å². The fourth-order valence-electron chi connectivity index (χ4n) is 3.62. The third-order valence-electron chi connectivity index (χ3n) is 5.52. The minimum atomic E-state index is -1.63. The fourth-order valence-corrected chi connectivity index (χ4v) is 3.62. The third kappa shape index (κ3) is 8.01. The van der Waals surface area contributed by atoms with Gasteiger partial charge in [0.05, 0.1) is 6.61 Å². The highest BCUT2D eigenvalue weighted by atomic mass is 16.7. The molecule has 1 saturated heterocycles. The van der Waals surface area contributed by atoms with Gasteiger partial charge in [0.1, 0.15) is 29.8 Å². The molecule has 2 amide bonds. The molecule has 1 aliphatic heterocycles. The average Bonchev–Trinajstić information content (AvgIpc) is 2.85. The zero-order chi connectivity index (χ0) is 25.2. The second-order valence-electron chi connectivity index (χ2n) is 8.34. The molecule has 0 bridgehead atoms. The van der Waals surface area contributed by atoms with Crippen LogP contribution in [0.5, 0.6) is 11.5 Å². The van der Waals surface area contributed by atoms with Crippen molar-refractivity contribution in [2.45, 2.75) is 63.0 Å². The van der Waals surface area contributed by atoms with Gasteiger partial charge in [-0.3, -0.25) is 9.59 Å². The Morgan fingerprint density at radius 1 is 0.914 bits per heavy atom. The van der Waals surface area contributed by atoms with E-state index in [1.165, 1.54) is 0 Å². The summed E-state index contributed by atoms with van der Waals surface area (Å²) < 4.78 is 17.0. The van der Waals surface area contributed by atoms with E-state index in [0.717, 1.165) is 0 Å². The van der Waals surface area contributed by atoms with E-state index in [1.54, 1.807) is 24.3 Å². The van der Waals surface area contributed by atoms with Crippen LogP contribution in [0, 0.1) is 0 Å². The van der Waals surface area contributed by atoms with E-state index in [9.17, 15) is 24.9 Å². The highest BCUT2D eigenvalue weighted by Gasteiger charge is 2.47. The number of aliphatic hydroxyl groups is 3. The van der Waals surface area contributed by atoms with E-state index < -0.39 is 36.6 Å². The molecule has 10 nitrogen and oxygen atoms in total. The van der Waals surface area contributed by atoms with Gasteiger partial charge in [-0.05, 0) is 42.7 Å². The summed E-state index contributed by atoms with van der Waals surface area (Å²) >= 11 is 0. The Morgan fingerprint density at radius 2 is 1.66 bits per heavy atom. The number of carbonyl (C=O) groups is 2. The highest BCUT2D eigenvalue weighted by molar-refractivity contribution is 5.81. The van der Waals surface area contributed by atoms with Gasteiger partial charge in [-0.15, -0.1) is 0 Å². The molecule has 190 valence electrons. The molecule has 1 fully saturated rings. The van der Waals surface area contributed by atoms with Crippen LogP contribution in [0.3, 0.4) is 0 Å². The Bertz CT molecular complexity index is 957. The maximum absolute atomic E-state index is 12.5. The first-order chi connectivity index (χ1) is 16.8. The Kier molecular flexibility index (Phi) is 10.0. The fraction of sp³-hybridized carbons (Fsp3) is 0.440. The molecular formula is C25H32N2O8. The average molecular weight is 489 g/mol. The van der Waals surface area contributed by atoms with Gasteiger partial charge in [0.15, 0.2) is 12.4 Å². The number of rotatable bonds is 12. The lowest BCUT2D eigenvalue weighted by molar-refractivity contribution is -0.293. The number of nitrogens with one attached hydrogen (secondary N) is 1. The van der Waals surface area contributed by atoms with Crippen molar-refractivity contribution >= 4 is 11.8 Å². The van der Waals surface area contributed by atoms with E-state index in [-0.39, 0.29) is 18.9 Å². The molecule has 0 radical (unpaired) electrons. The number of amides is 2. The molecular weight excluding hydrogens is 456 g/mol. The molecule has 1 heterocycles. The summed E-state index contributed by atoms with van der Waals surface area (Å²) in [6, 6.07) is 16.4. The van der Waals surface area contributed by atoms with E-state index in [0.29, 0.717) is 42.9 Å². The number of carbonyl (C=O) groups excluding carboxylic acids is 2. The van der Waals surface area contributed by atoms with Crippen LogP contribution < -0.4 is 15.8 Å². The maximum Gasteiger partial charge on any atom is 0.252 e. The first kappa shape index (κ1) is 26.6. The minimum absolute atomic E-state index is 0.00470. The summed E-state index contributed by atoms with van der Waals surface area (Å²) in [4.78, 5) is 23.3. The second-order valence-corrected chi connectivity index (χ2v) is 8.34. The largest absolute Gasteiger partial charge is 0.457 e. The molecule has 10 heteroatoms. The van der Waals surface area contributed by atoms with Gasteiger partial charge < -0.3 is 40.6 Å². The van der Waals surface area contributed by atoms with Gasteiger partial charge in [0, 0.05) is 13.0 Å². The highest BCUT2D eigenvalue weighted by Crippen LogP contribution is 2.25. The third-order valence-corrected chi connectivity index (χ3v) is 5.52. The predicted molar refractivity (Wildman–Crippen MR) is 125 cm³/mol. The number of aliphatic hydroxyl groups excluding tert-OH is 3. The molecule has 35 heavy (non-hydrogen) atoms. The van der Waals surface area contributed by atoms with Crippen LogP contribution in [0.1, 0.15) is 31.2 Å². The number of unbranched alkanes of at least 4 members (excludes halogenated alkanes) is 2. The van der Waals surface area contributed by atoms with Crippen molar-refractivity contribution in [1.29, 1.82) is 0 Å². The van der Waals surface area contributed by atoms with Crippen LogP contribution in [-0.4, -0.2) is 64.4 Å². The van der Waals surface area contributed by atoms with Crippen molar-refractivity contribution in [3.8, 4) is 11.5 Å². The Balaban J connectivity index is 1.52. The zero-order valence-corrected chi connectivity index (χ0v) is 19.3. The predicted octanol–water partition coefficient (Wildman–Crippen LogP) is 0.965. The molecule has 0 spiro atoms. The van der Waals surface area contributed by atoms with Crippen LogP contribution in [-0.2, 0) is 25.7 Å². The van der Waals surface area contributed by atoms with E-state index >= 15 is 0 Å². The quantitative estimate of drug-likeness (QED) is 0.276. The first-order valence-corrected chi connectivity index (χ1v) is 11.5. The van der Waals surface area contributed by atoms with E-state index in [4.69, 9.17) is 19.9 Å². The lowest BCUT2D eigenvalue weighted by Crippen LogP contribution is -2.62. The number of nitrogens with two attached hydrogens (primary N) is 1. The Labute approximate surface area is 203 Å². The monoisotopic (exact) mass is 488 g/mol. The van der Waals surface area contributed by atoms with Crippen molar-refractivity contribution < 1.29 is 39.1 Å². The summed E-state index contributed by atoms with van der Waals surface area (Å²) in [6.07, 6.45) is -5.36. The van der Waals surface area contributed by atoms with Crippen molar-refractivity contribution in [2.75, 3.05) is 6.54 Å². The lowest BCUT2D eigenvalue weighted by Gasteiger charge is -2.39. The standard InChI is InChI=1S/C25H32N2O8/c26-19(28)12-5-2-6-13-27-24(32)23-21(30)20(29)22(31)25(35-23)33-15-16-8-7-11-18(14-16)34-17-9-3-1-4-10-17/h1,3-4,7-11,14,20-23,25,29-31H,2,5-6,12-13,15H2,(H2,26,28)(H,27,32)/t20-,21-,22+,23-,25+/m0/s1. The van der Waals surface area contributed by atoms with Crippen LogP contribution >= 0.6 is 0 Å². The molecule has 0 aromatic heterocycles.